The first kappa shape index (κ1) is 14.2. The van der Waals surface area contributed by atoms with Crippen molar-refractivity contribution in [1.82, 2.24) is 4.98 Å². The van der Waals surface area contributed by atoms with E-state index in [9.17, 15) is 4.79 Å². The van der Waals surface area contributed by atoms with E-state index >= 15 is 0 Å². The zero-order valence-electron chi connectivity index (χ0n) is 10.5. The number of carbonyl (C=O) groups is 1. The molecule has 3 N–H and O–H groups in total. The number of hydrogen-bond donors (Lipinski definition) is 2. The molecule has 0 aliphatic heterocycles. The molecule has 1 heterocycles. The summed E-state index contributed by atoms with van der Waals surface area (Å²) in [6.45, 7) is 0. The number of anilines is 1. The van der Waals surface area contributed by atoms with Gasteiger partial charge in [0.05, 0.1) is 15.4 Å². The predicted molar refractivity (Wildman–Crippen MR) is 80.2 cm³/mol. The molecule has 1 aliphatic rings. The van der Waals surface area contributed by atoms with Crippen LogP contribution in [0.25, 0.3) is 0 Å². The van der Waals surface area contributed by atoms with Crippen molar-refractivity contribution in [2.45, 2.75) is 32.1 Å². The van der Waals surface area contributed by atoms with Crippen LogP contribution in [0.15, 0.2) is 18.3 Å². The lowest BCUT2D eigenvalue weighted by Gasteiger charge is -2.34. The molecule has 0 radical (unpaired) electrons. The summed E-state index contributed by atoms with van der Waals surface area (Å²) in [5, 5.41) is 3.16. The van der Waals surface area contributed by atoms with Crippen LogP contribution in [-0.2, 0) is 4.79 Å². The van der Waals surface area contributed by atoms with Crippen LogP contribution in [0.4, 0.5) is 5.82 Å². The Hall–Kier alpha value is -1.20. The number of nitrogens with zero attached hydrogens (tertiary/aromatic N) is 1. The molecule has 4 nitrogen and oxygen atoms in total. The fraction of sp³-hybridized carbons (Fsp3) is 0.462. The average molecular weight is 298 g/mol. The number of nitrogens with two attached hydrogens (primary N) is 1. The van der Waals surface area contributed by atoms with Crippen molar-refractivity contribution in [3.05, 3.63) is 23.4 Å². The van der Waals surface area contributed by atoms with Crippen LogP contribution in [0, 0.1) is 5.41 Å². The molecule has 102 valence electrons. The van der Waals surface area contributed by atoms with E-state index in [1.807, 2.05) is 0 Å². The highest BCUT2D eigenvalue weighted by atomic mass is 35.5. The lowest BCUT2D eigenvalue weighted by molar-refractivity contribution is -0.123. The molecule has 0 unspecified atom stereocenters. The molecule has 0 saturated heterocycles. The van der Waals surface area contributed by atoms with E-state index in [4.69, 9.17) is 29.6 Å². The Morgan fingerprint density at radius 2 is 2.11 bits per heavy atom. The van der Waals surface area contributed by atoms with Crippen molar-refractivity contribution < 1.29 is 4.79 Å². The van der Waals surface area contributed by atoms with Gasteiger partial charge < -0.3 is 11.1 Å². The number of pyridine rings is 1. The number of rotatable bonds is 3. The maximum Gasteiger partial charge on any atom is 0.238 e. The van der Waals surface area contributed by atoms with Crippen molar-refractivity contribution in [2.75, 3.05) is 5.32 Å². The molecule has 0 aromatic carbocycles. The van der Waals surface area contributed by atoms with E-state index in [0.717, 1.165) is 19.3 Å². The van der Waals surface area contributed by atoms with Crippen LogP contribution in [0.1, 0.15) is 32.1 Å². The van der Waals surface area contributed by atoms with Crippen LogP contribution in [0.5, 0.6) is 0 Å². The fourth-order valence-corrected chi connectivity index (χ4v) is 2.91. The van der Waals surface area contributed by atoms with Gasteiger partial charge in [0, 0.05) is 6.20 Å². The van der Waals surface area contributed by atoms with Crippen LogP contribution in [-0.4, -0.2) is 15.9 Å². The standard InChI is InChI=1S/C13H16ClN3OS/c14-9-5-4-8-16-10(9)17-12(18)13(11(15)19)6-2-1-3-7-13/h4-5,8H,1-3,6-7H2,(H2,15,19)(H,16,17,18). The van der Waals surface area contributed by atoms with Gasteiger partial charge in [0.2, 0.25) is 5.91 Å². The first-order valence-corrected chi connectivity index (χ1v) is 7.07. The zero-order valence-corrected chi connectivity index (χ0v) is 12.1. The zero-order chi connectivity index (χ0) is 13.9. The van der Waals surface area contributed by atoms with Gasteiger partial charge in [-0.05, 0) is 25.0 Å². The van der Waals surface area contributed by atoms with Gasteiger partial charge in [-0.3, -0.25) is 4.79 Å². The second-order valence-electron chi connectivity index (χ2n) is 4.79. The molecule has 1 aromatic rings. The summed E-state index contributed by atoms with van der Waals surface area (Å²) in [6, 6.07) is 3.39. The number of thiocarbonyl (C=S) groups is 1. The third-order valence-corrected chi connectivity index (χ3v) is 4.30. The SMILES string of the molecule is NC(=S)C1(C(=O)Nc2ncccc2Cl)CCCCC1. The van der Waals surface area contributed by atoms with E-state index in [1.54, 1.807) is 18.3 Å². The predicted octanol–water partition coefficient (Wildman–Crippen LogP) is 2.91. The summed E-state index contributed by atoms with van der Waals surface area (Å²) in [4.78, 5) is 16.8. The second-order valence-corrected chi connectivity index (χ2v) is 5.64. The number of nitrogens with one attached hydrogen (secondary N) is 1. The van der Waals surface area contributed by atoms with E-state index < -0.39 is 5.41 Å². The molecule has 1 saturated carbocycles. The van der Waals surface area contributed by atoms with E-state index in [2.05, 4.69) is 10.3 Å². The van der Waals surface area contributed by atoms with Crippen LogP contribution in [0.3, 0.4) is 0 Å². The van der Waals surface area contributed by atoms with Crippen molar-refractivity contribution in [2.24, 2.45) is 11.1 Å². The topological polar surface area (TPSA) is 68.0 Å². The summed E-state index contributed by atoms with van der Waals surface area (Å²) in [5.74, 6) is 0.163. The summed E-state index contributed by atoms with van der Waals surface area (Å²) in [7, 11) is 0. The van der Waals surface area contributed by atoms with Crippen molar-refractivity contribution in [3.63, 3.8) is 0 Å². The molecule has 0 spiro atoms. The van der Waals surface area contributed by atoms with Crippen LogP contribution >= 0.6 is 23.8 Å². The highest BCUT2D eigenvalue weighted by molar-refractivity contribution is 7.80. The summed E-state index contributed by atoms with van der Waals surface area (Å²) in [6.07, 6.45) is 6.00. The monoisotopic (exact) mass is 297 g/mol. The third kappa shape index (κ3) is 2.87. The Morgan fingerprint density at radius 3 is 2.68 bits per heavy atom. The summed E-state index contributed by atoms with van der Waals surface area (Å²) >= 11 is 11.1. The minimum Gasteiger partial charge on any atom is -0.392 e. The van der Waals surface area contributed by atoms with Crippen LogP contribution in [0.2, 0.25) is 5.02 Å². The molecule has 0 atom stereocenters. The number of hydrogen-bond acceptors (Lipinski definition) is 3. The lowest BCUT2D eigenvalue weighted by Crippen LogP contribution is -2.47. The molecule has 2 rings (SSSR count). The van der Waals surface area contributed by atoms with Crippen molar-refractivity contribution in [1.29, 1.82) is 0 Å². The van der Waals surface area contributed by atoms with Gasteiger partial charge in [-0.2, -0.15) is 0 Å². The molecule has 1 aliphatic carbocycles. The second kappa shape index (κ2) is 5.84. The van der Waals surface area contributed by atoms with Gasteiger partial charge in [0.25, 0.3) is 0 Å². The highest BCUT2D eigenvalue weighted by Gasteiger charge is 2.42. The number of halogens is 1. The van der Waals surface area contributed by atoms with Gasteiger partial charge in [0.15, 0.2) is 5.82 Å². The first-order valence-electron chi connectivity index (χ1n) is 6.28. The Balaban J connectivity index is 2.21. The van der Waals surface area contributed by atoms with Gasteiger partial charge in [-0.25, -0.2) is 4.98 Å². The Kier molecular flexibility index (Phi) is 4.37. The third-order valence-electron chi connectivity index (χ3n) is 3.60. The van der Waals surface area contributed by atoms with Crippen molar-refractivity contribution in [3.8, 4) is 0 Å². The van der Waals surface area contributed by atoms with Gasteiger partial charge in [0.1, 0.15) is 0 Å². The fourth-order valence-electron chi connectivity index (χ4n) is 2.45. The number of carbonyl (C=O) groups excluding carboxylic acids is 1. The quantitative estimate of drug-likeness (QED) is 0.842. The molecule has 19 heavy (non-hydrogen) atoms. The normalized spacial score (nSPS) is 17.7. The van der Waals surface area contributed by atoms with E-state index in [1.165, 1.54) is 0 Å². The van der Waals surface area contributed by atoms with Gasteiger partial charge >= 0.3 is 0 Å². The lowest BCUT2D eigenvalue weighted by atomic mass is 9.73. The number of amides is 1. The number of aromatic nitrogens is 1. The maximum absolute atomic E-state index is 12.5. The Morgan fingerprint density at radius 1 is 1.42 bits per heavy atom. The van der Waals surface area contributed by atoms with Gasteiger partial charge in [-0.15, -0.1) is 0 Å². The smallest absolute Gasteiger partial charge is 0.238 e. The molecule has 1 aromatic heterocycles. The molecule has 1 fully saturated rings. The van der Waals surface area contributed by atoms with E-state index in [0.29, 0.717) is 23.7 Å². The Labute approximate surface area is 122 Å². The van der Waals surface area contributed by atoms with Gasteiger partial charge in [-0.1, -0.05) is 43.1 Å². The molecule has 0 bridgehead atoms. The van der Waals surface area contributed by atoms with Crippen molar-refractivity contribution >= 4 is 40.5 Å². The maximum atomic E-state index is 12.5. The average Bonchev–Trinajstić information content (AvgIpc) is 2.42. The molecule has 6 heteroatoms. The minimum absolute atomic E-state index is 0.194. The first-order chi connectivity index (χ1) is 9.06. The molecular formula is C13H16ClN3OS. The minimum atomic E-state index is -0.756. The van der Waals surface area contributed by atoms with E-state index in [-0.39, 0.29) is 10.9 Å². The Bertz CT molecular complexity index is 500. The highest BCUT2D eigenvalue weighted by Crippen LogP contribution is 2.38. The molecular weight excluding hydrogens is 282 g/mol. The summed E-state index contributed by atoms with van der Waals surface area (Å²) < 4.78 is 0. The molecule has 1 amide bonds. The largest absolute Gasteiger partial charge is 0.392 e. The van der Waals surface area contributed by atoms with Crippen LogP contribution < -0.4 is 11.1 Å². The summed E-state index contributed by atoms with van der Waals surface area (Å²) in [5.41, 5.74) is 5.06.